The second-order valence-electron chi connectivity index (χ2n) is 4.45. The Balaban J connectivity index is 2.19. The molecule has 1 heterocycles. The van der Waals surface area contributed by atoms with E-state index in [1.807, 2.05) is 0 Å². The zero-order chi connectivity index (χ0) is 12.4. The highest BCUT2D eigenvalue weighted by molar-refractivity contribution is 5.86. The third-order valence-electron chi connectivity index (χ3n) is 3.41. The number of methoxy groups -OCH3 is 1. The zero-order valence-electron chi connectivity index (χ0n) is 10.1. The van der Waals surface area contributed by atoms with Crippen LogP contribution in [0, 0.1) is 6.92 Å². The van der Waals surface area contributed by atoms with E-state index in [0.717, 1.165) is 25.7 Å². The molecule has 17 heavy (non-hydrogen) atoms. The molecular weight excluding hydrogens is 222 g/mol. The maximum Gasteiger partial charge on any atom is 0.358 e. The Hall–Kier alpha value is -1.43. The van der Waals surface area contributed by atoms with Crippen LogP contribution in [0.2, 0.25) is 0 Å². The summed E-state index contributed by atoms with van der Waals surface area (Å²) >= 11 is 0. The SMILES string of the molecule is COC1CCCC(n2nnc(C(=O)O)c2C)C1. The molecule has 1 aromatic heterocycles. The lowest BCUT2D eigenvalue weighted by Crippen LogP contribution is -2.25. The van der Waals surface area contributed by atoms with Gasteiger partial charge in [-0.1, -0.05) is 5.21 Å². The van der Waals surface area contributed by atoms with Crippen molar-refractivity contribution in [2.45, 2.75) is 44.8 Å². The van der Waals surface area contributed by atoms with Crippen LogP contribution in [0.4, 0.5) is 0 Å². The normalized spacial score (nSPS) is 24.8. The summed E-state index contributed by atoms with van der Waals surface area (Å²) in [5, 5.41) is 16.6. The summed E-state index contributed by atoms with van der Waals surface area (Å²) in [6, 6.07) is 0.203. The Morgan fingerprint density at radius 1 is 1.53 bits per heavy atom. The summed E-state index contributed by atoms with van der Waals surface area (Å²) in [5.74, 6) is -1.02. The van der Waals surface area contributed by atoms with Crippen LogP contribution in [-0.4, -0.2) is 39.3 Å². The van der Waals surface area contributed by atoms with Gasteiger partial charge in [-0.25, -0.2) is 9.48 Å². The molecule has 0 aromatic carbocycles. The van der Waals surface area contributed by atoms with Crippen molar-refractivity contribution in [3.8, 4) is 0 Å². The van der Waals surface area contributed by atoms with Crippen LogP contribution < -0.4 is 0 Å². The minimum Gasteiger partial charge on any atom is -0.476 e. The second kappa shape index (κ2) is 4.83. The number of hydrogen-bond donors (Lipinski definition) is 1. The molecule has 1 aliphatic carbocycles. The number of carbonyl (C=O) groups is 1. The van der Waals surface area contributed by atoms with Gasteiger partial charge in [0.1, 0.15) is 0 Å². The number of aromatic nitrogens is 3. The fraction of sp³-hybridized carbons (Fsp3) is 0.727. The minimum atomic E-state index is -1.02. The fourth-order valence-electron chi connectivity index (χ4n) is 2.44. The molecule has 0 radical (unpaired) electrons. The standard InChI is InChI=1S/C11H17N3O3/c1-7-10(11(15)16)12-13-14(7)8-4-3-5-9(6-8)17-2/h8-9H,3-6H2,1-2H3,(H,15,16). The van der Waals surface area contributed by atoms with E-state index in [-0.39, 0.29) is 17.8 Å². The number of nitrogens with zero attached hydrogens (tertiary/aromatic N) is 3. The predicted molar refractivity (Wildman–Crippen MR) is 60.0 cm³/mol. The topological polar surface area (TPSA) is 77.2 Å². The first-order chi connectivity index (χ1) is 8.13. The van der Waals surface area contributed by atoms with Gasteiger partial charge in [-0.3, -0.25) is 0 Å². The smallest absolute Gasteiger partial charge is 0.358 e. The molecule has 6 heteroatoms. The van der Waals surface area contributed by atoms with Crippen LogP contribution in [0.5, 0.6) is 0 Å². The van der Waals surface area contributed by atoms with Gasteiger partial charge in [0, 0.05) is 7.11 Å². The van der Waals surface area contributed by atoms with Gasteiger partial charge in [0.15, 0.2) is 5.69 Å². The number of aromatic carboxylic acids is 1. The summed E-state index contributed by atoms with van der Waals surface area (Å²) in [6.07, 6.45) is 4.26. The molecule has 2 atom stereocenters. The molecule has 0 amide bonds. The van der Waals surface area contributed by atoms with Crippen molar-refractivity contribution in [2.24, 2.45) is 0 Å². The lowest BCUT2D eigenvalue weighted by atomic mass is 9.93. The summed E-state index contributed by atoms with van der Waals surface area (Å²) in [7, 11) is 1.71. The molecule has 2 rings (SSSR count). The van der Waals surface area contributed by atoms with Crippen LogP contribution in [0.25, 0.3) is 0 Å². The molecule has 1 aromatic rings. The number of rotatable bonds is 3. The highest BCUT2D eigenvalue weighted by Gasteiger charge is 2.26. The highest BCUT2D eigenvalue weighted by atomic mass is 16.5. The van der Waals surface area contributed by atoms with E-state index in [4.69, 9.17) is 9.84 Å². The van der Waals surface area contributed by atoms with Crippen molar-refractivity contribution < 1.29 is 14.6 Å². The Kier molecular flexibility index (Phi) is 3.42. The molecule has 0 aliphatic heterocycles. The molecule has 1 fully saturated rings. The van der Waals surface area contributed by atoms with Gasteiger partial charge in [-0.2, -0.15) is 0 Å². The van der Waals surface area contributed by atoms with E-state index in [2.05, 4.69) is 10.3 Å². The van der Waals surface area contributed by atoms with Gasteiger partial charge < -0.3 is 9.84 Å². The minimum absolute atomic E-state index is 0.0459. The summed E-state index contributed by atoms with van der Waals surface area (Å²) in [4.78, 5) is 10.9. The maximum absolute atomic E-state index is 10.9. The Labute approximate surface area is 99.6 Å². The van der Waals surface area contributed by atoms with Crippen molar-refractivity contribution >= 4 is 5.97 Å². The molecule has 0 saturated heterocycles. The molecule has 2 unspecified atom stereocenters. The Morgan fingerprint density at radius 2 is 2.29 bits per heavy atom. The molecule has 1 saturated carbocycles. The molecule has 94 valence electrons. The van der Waals surface area contributed by atoms with Crippen LogP contribution in [0.1, 0.15) is 47.9 Å². The van der Waals surface area contributed by atoms with Gasteiger partial charge in [0.05, 0.1) is 17.8 Å². The van der Waals surface area contributed by atoms with Gasteiger partial charge >= 0.3 is 5.97 Å². The molecule has 1 N–H and O–H groups in total. The summed E-state index contributed by atoms with van der Waals surface area (Å²) in [6.45, 7) is 1.75. The third-order valence-corrected chi connectivity index (χ3v) is 3.41. The van der Waals surface area contributed by atoms with Crippen LogP contribution in [0.15, 0.2) is 0 Å². The Bertz CT molecular complexity index is 416. The molecule has 6 nitrogen and oxygen atoms in total. The first-order valence-corrected chi connectivity index (χ1v) is 5.81. The Morgan fingerprint density at radius 3 is 2.88 bits per heavy atom. The molecule has 0 bridgehead atoms. The van der Waals surface area contributed by atoms with Gasteiger partial charge in [0.25, 0.3) is 0 Å². The van der Waals surface area contributed by atoms with Crippen molar-refractivity contribution in [1.29, 1.82) is 0 Å². The highest BCUT2D eigenvalue weighted by Crippen LogP contribution is 2.30. The number of carboxylic acid groups (broad SMARTS) is 1. The molecule has 0 spiro atoms. The maximum atomic E-state index is 10.9. The van der Waals surface area contributed by atoms with E-state index in [0.29, 0.717) is 5.69 Å². The quantitative estimate of drug-likeness (QED) is 0.863. The summed E-state index contributed by atoms with van der Waals surface area (Å²) in [5.41, 5.74) is 0.670. The zero-order valence-corrected chi connectivity index (χ0v) is 10.1. The lowest BCUT2D eigenvalue weighted by molar-refractivity contribution is 0.0501. The van der Waals surface area contributed by atoms with Crippen LogP contribution in [-0.2, 0) is 4.74 Å². The van der Waals surface area contributed by atoms with E-state index in [1.165, 1.54) is 0 Å². The van der Waals surface area contributed by atoms with E-state index < -0.39 is 5.97 Å². The average Bonchev–Trinajstić information content (AvgIpc) is 2.71. The second-order valence-corrected chi connectivity index (χ2v) is 4.45. The van der Waals surface area contributed by atoms with Crippen molar-refractivity contribution in [3.05, 3.63) is 11.4 Å². The molecule has 1 aliphatic rings. The summed E-state index contributed by atoms with van der Waals surface area (Å²) < 4.78 is 7.09. The number of hydrogen-bond acceptors (Lipinski definition) is 4. The van der Waals surface area contributed by atoms with Crippen LogP contribution >= 0.6 is 0 Å². The van der Waals surface area contributed by atoms with Crippen molar-refractivity contribution in [2.75, 3.05) is 7.11 Å². The largest absolute Gasteiger partial charge is 0.476 e. The lowest BCUT2D eigenvalue weighted by Gasteiger charge is -2.28. The van der Waals surface area contributed by atoms with Gasteiger partial charge in [0.2, 0.25) is 0 Å². The van der Waals surface area contributed by atoms with E-state index in [9.17, 15) is 4.79 Å². The average molecular weight is 239 g/mol. The first kappa shape index (κ1) is 12.0. The fourth-order valence-corrected chi connectivity index (χ4v) is 2.44. The third kappa shape index (κ3) is 2.31. The van der Waals surface area contributed by atoms with Gasteiger partial charge in [-0.15, -0.1) is 5.10 Å². The predicted octanol–water partition coefficient (Wildman–Crippen LogP) is 1.41. The van der Waals surface area contributed by atoms with Crippen molar-refractivity contribution in [1.82, 2.24) is 15.0 Å². The number of carboxylic acids is 1. The van der Waals surface area contributed by atoms with Crippen LogP contribution in [0.3, 0.4) is 0 Å². The van der Waals surface area contributed by atoms with E-state index in [1.54, 1.807) is 18.7 Å². The monoisotopic (exact) mass is 239 g/mol. The van der Waals surface area contributed by atoms with Gasteiger partial charge in [-0.05, 0) is 32.6 Å². The number of ether oxygens (including phenoxy) is 1. The van der Waals surface area contributed by atoms with E-state index >= 15 is 0 Å². The first-order valence-electron chi connectivity index (χ1n) is 5.81. The van der Waals surface area contributed by atoms with Crippen molar-refractivity contribution in [3.63, 3.8) is 0 Å². The molecular formula is C11H17N3O3.